The number of likely N-dealkylation sites (N-methyl/N-ethyl adjacent to an activating group) is 1. The van der Waals surface area contributed by atoms with Gasteiger partial charge in [0.15, 0.2) is 0 Å². The van der Waals surface area contributed by atoms with Crippen LogP contribution in [0.1, 0.15) is 25.5 Å². The molecule has 0 bridgehead atoms. The second kappa shape index (κ2) is 5.55. The zero-order valence-electron chi connectivity index (χ0n) is 11.7. The molecule has 98 valence electrons. The Labute approximate surface area is 109 Å². The van der Waals surface area contributed by atoms with E-state index in [-0.39, 0.29) is 0 Å². The second-order valence-corrected chi connectivity index (χ2v) is 5.12. The molecule has 3 nitrogen and oxygen atoms in total. The van der Waals surface area contributed by atoms with Crippen molar-refractivity contribution in [2.24, 2.45) is 7.05 Å². The number of hydrogen-bond donors (Lipinski definition) is 2. The average Bonchev–Trinajstić information content (AvgIpc) is 2.68. The second-order valence-electron chi connectivity index (χ2n) is 5.12. The number of aryl methyl sites for hydroxylation is 1. The SMILES string of the molecule is CNC(CNC(C)C)c1cn(C)c2ccccc12. The Morgan fingerprint density at radius 3 is 2.61 bits per heavy atom. The van der Waals surface area contributed by atoms with Crippen LogP contribution in [-0.2, 0) is 7.05 Å². The van der Waals surface area contributed by atoms with Crippen molar-refractivity contribution in [2.75, 3.05) is 13.6 Å². The molecule has 1 aromatic heterocycles. The van der Waals surface area contributed by atoms with E-state index >= 15 is 0 Å². The number of para-hydroxylation sites is 1. The van der Waals surface area contributed by atoms with Gasteiger partial charge in [0.2, 0.25) is 0 Å². The van der Waals surface area contributed by atoms with Crippen LogP contribution in [0.5, 0.6) is 0 Å². The topological polar surface area (TPSA) is 29.0 Å². The Morgan fingerprint density at radius 1 is 1.22 bits per heavy atom. The lowest BCUT2D eigenvalue weighted by atomic mass is 10.1. The van der Waals surface area contributed by atoms with Crippen LogP contribution in [0.2, 0.25) is 0 Å². The Bertz CT molecular complexity index is 513. The molecular formula is C15H23N3. The predicted molar refractivity (Wildman–Crippen MR) is 77.9 cm³/mol. The van der Waals surface area contributed by atoms with Gasteiger partial charge in [-0.15, -0.1) is 0 Å². The monoisotopic (exact) mass is 245 g/mol. The predicted octanol–water partition coefficient (Wildman–Crippen LogP) is 2.44. The van der Waals surface area contributed by atoms with Crippen LogP contribution in [0.4, 0.5) is 0 Å². The molecule has 1 heterocycles. The van der Waals surface area contributed by atoms with E-state index in [2.05, 4.69) is 66.6 Å². The van der Waals surface area contributed by atoms with Gasteiger partial charge in [0.1, 0.15) is 0 Å². The summed E-state index contributed by atoms with van der Waals surface area (Å²) in [7, 11) is 4.13. The first kappa shape index (κ1) is 13.1. The molecule has 3 heteroatoms. The molecule has 0 fully saturated rings. The summed E-state index contributed by atoms with van der Waals surface area (Å²) in [5.41, 5.74) is 2.65. The molecule has 2 rings (SSSR count). The minimum Gasteiger partial charge on any atom is -0.350 e. The number of rotatable bonds is 5. The minimum absolute atomic E-state index is 0.346. The Kier molecular flexibility index (Phi) is 4.04. The summed E-state index contributed by atoms with van der Waals surface area (Å²) in [5.74, 6) is 0. The quantitative estimate of drug-likeness (QED) is 0.847. The molecule has 0 aliphatic heterocycles. The van der Waals surface area contributed by atoms with Crippen molar-refractivity contribution in [3.63, 3.8) is 0 Å². The standard InChI is InChI=1S/C15H23N3/c1-11(2)17-9-14(16-3)13-10-18(4)15-8-6-5-7-12(13)15/h5-8,10-11,14,16-17H,9H2,1-4H3. The van der Waals surface area contributed by atoms with Crippen molar-refractivity contribution in [1.82, 2.24) is 15.2 Å². The molecule has 2 aromatic rings. The van der Waals surface area contributed by atoms with Crippen LogP contribution < -0.4 is 10.6 Å². The third kappa shape index (κ3) is 2.57. The highest BCUT2D eigenvalue weighted by molar-refractivity contribution is 5.84. The van der Waals surface area contributed by atoms with Gasteiger partial charge in [0.25, 0.3) is 0 Å². The van der Waals surface area contributed by atoms with E-state index in [9.17, 15) is 0 Å². The van der Waals surface area contributed by atoms with E-state index in [1.807, 2.05) is 7.05 Å². The summed E-state index contributed by atoms with van der Waals surface area (Å²) in [6, 6.07) is 9.42. The van der Waals surface area contributed by atoms with E-state index in [0.29, 0.717) is 12.1 Å². The van der Waals surface area contributed by atoms with Gasteiger partial charge in [-0.25, -0.2) is 0 Å². The number of benzene rings is 1. The van der Waals surface area contributed by atoms with Gasteiger partial charge < -0.3 is 15.2 Å². The van der Waals surface area contributed by atoms with Crippen molar-refractivity contribution in [2.45, 2.75) is 25.9 Å². The number of aromatic nitrogens is 1. The van der Waals surface area contributed by atoms with Gasteiger partial charge in [-0.2, -0.15) is 0 Å². The largest absolute Gasteiger partial charge is 0.350 e. The first-order chi connectivity index (χ1) is 8.63. The Balaban J connectivity index is 2.33. The average molecular weight is 245 g/mol. The molecule has 18 heavy (non-hydrogen) atoms. The van der Waals surface area contributed by atoms with Crippen LogP contribution in [0, 0.1) is 0 Å². The fourth-order valence-electron chi connectivity index (χ4n) is 2.37. The fourth-order valence-corrected chi connectivity index (χ4v) is 2.37. The van der Waals surface area contributed by atoms with Crippen LogP contribution in [0.25, 0.3) is 10.9 Å². The molecular weight excluding hydrogens is 222 g/mol. The van der Waals surface area contributed by atoms with Crippen LogP contribution in [-0.4, -0.2) is 24.2 Å². The normalized spacial score (nSPS) is 13.4. The summed E-state index contributed by atoms with van der Waals surface area (Å²) in [4.78, 5) is 0. The third-order valence-corrected chi connectivity index (χ3v) is 3.38. The maximum absolute atomic E-state index is 3.50. The van der Waals surface area contributed by atoms with Gasteiger partial charge in [0, 0.05) is 42.8 Å². The molecule has 0 saturated carbocycles. The van der Waals surface area contributed by atoms with Crippen molar-refractivity contribution >= 4 is 10.9 Å². The molecule has 0 spiro atoms. The van der Waals surface area contributed by atoms with Crippen molar-refractivity contribution < 1.29 is 0 Å². The highest BCUT2D eigenvalue weighted by Crippen LogP contribution is 2.25. The van der Waals surface area contributed by atoms with Crippen LogP contribution in [0.15, 0.2) is 30.5 Å². The summed E-state index contributed by atoms with van der Waals surface area (Å²) < 4.78 is 2.20. The van der Waals surface area contributed by atoms with Gasteiger partial charge >= 0.3 is 0 Å². The van der Waals surface area contributed by atoms with Gasteiger partial charge in [-0.3, -0.25) is 0 Å². The molecule has 1 atom stereocenters. The van der Waals surface area contributed by atoms with E-state index in [1.54, 1.807) is 0 Å². The lowest BCUT2D eigenvalue weighted by molar-refractivity contribution is 0.493. The number of fused-ring (bicyclic) bond motifs is 1. The summed E-state index contributed by atoms with van der Waals surface area (Å²) in [6.45, 7) is 5.30. The van der Waals surface area contributed by atoms with E-state index < -0.39 is 0 Å². The Morgan fingerprint density at radius 2 is 1.94 bits per heavy atom. The maximum Gasteiger partial charge on any atom is 0.0481 e. The molecule has 0 aliphatic carbocycles. The van der Waals surface area contributed by atoms with E-state index in [0.717, 1.165) is 6.54 Å². The lowest BCUT2D eigenvalue weighted by Gasteiger charge is -2.18. The zero-order valence-corrected chi connectivity index (χ0v) is 11.7. The molecule has 1 unspecified atom stereocenters. The minimum atomic E-state index is 0.346. The lowest BCUT2D eigenvalue weighted by Crippen LogP contribution is -2.33. The fraction of sp³-hybridized carbons (Fsp3) is 0.467. The van der Waals surface area contributed by atoms with Crippen molar-refractivity contribution in [3.05, 3.63) is 36.0 Å². The van der Waals surface area contributed by atoms with E-state index in [4.69, 9.17) is 0 Å². The summed E-state index contributed by atoms with van der Waals surface area (Å²) in [5, 5.41) is 8.24. The van der Waals surface area contributed by atoms with Gasteiger partial charge in [0.05, 0.1) is 0 Å². The first-order valence-corrected chi connectivity index (χ1v) is 6.58. The van der Waals surface area contributed by atoms with Crippen LogP contribution in [0.3, 0.4) is 0 Å². The molecule has 2 N–H and O–H groups in total. The molecule has 0 aliphatic rings. The van der Waals surface area contributed by atoms with E-state index in [1.165, 1.54) is 16.5 Å². The third-order valence-electron chi connectivity index (χ3n) is 3.38. The van der Waals surface area contributed by atoms with Crippen molar-refractivity contribution in [3.8, 4) is 0 Å². The number of hydrogen-bond acceptors (Lipinski definition) is 2. The number of nitrogens with zero attached hydrogens (tertiary/aromatic N) is 1. The summed E-state index contributed by atoms with van der Waals surface area (Å²) in [6.07, 6.45) is 2.23. The molecule has 0 radical (unpaired) electrons. The smallest absolute Gasteiger partial charge is 0.0481 e. The highest BCUT2D eigenvalue weighted by Gasteiger charge is 2.15. The Hall–Kier alpha value is -1.32. The molecule has 0 saturated heterocycles. The first-order valence-electron chi connectivity index (χ1n) is 6.58. The zero-order chi connectivity index (χ0) is 13.1. The highest BCUT2D eigenvalue weighted by atomic mass is 15.0. The molecule has 0 amide bonds. The summed E-state index contributed by atoms with van der Waals surface area (Å²) >= 11 is 0. The number of nitrogens with one attached hydrogen (secondary N) is 2. The molecule has 1 aromatic carbocycles. The maximum atomic E-state index is 3.50. The van der Waals surface area contributed by atoms with Crippen molar-refractivity contribution in [1.29, 1.82) is 0 Å². The van der Waals surface area contributed by atoms with Gasteiger partial charge in [-0.05, 0) is 18.7 Å². The van der Waals surface area contributed by atoms with Crippen LogP contribution >= 0.6 is 0 Å². The van der Waals surface area contributed by atoms with Gasteiger partial charge in [-0.1, -0.05) is 32.0 Å².